The molecule has 2 N–H and O–H groups in total. The number of imidazole rings is 1. The first-order chi connectivity index (χ1) is 15.5. The molecule has 0 saturated carbocycles. The van der Waals surface area contributed by atoms with Crippen molar-refractivity contribution in [3.63, 3.8) is 0 Å². The lowest BCUT2D eigenvalue weighted by molar-refractivity contribution is -0.136. The third kappa shape index (κ3) is 4.13. The molecule has 7 nitrogen and oxygen atoms in total. The van der Waals surface area contributed by atoms with Gasteiger partial charge in [0.25, 0.3) is 5.91 Å². The Morgan fingerprint density at radius 3 is 2.52 bits per heavy atom. The van der Waals surface area contributed by atoms with Gasteiger partial charge in [0.15, 0.2) is 12.0 Å². The normalized spacial score (nSPS) is 13.3. The maximum absolute atomic E-state index is 14.7. The third-order valence-electron chi connectivity index (χ3n) is 4.80. The number of benzene rings is 2. The maximum atomic E-state index is 14.7. The minimum absolute atomic E-state index is 0.0177. The number of H-pyrrole nitrogens is 1. The molecule has 0 fully saturated rings. The topological polar surface area (TPSA) is 88.5 Å². The van der Waals surface area contributed by atoms with E-state index in [4.69, 9.17) is 0 Å². The molecular weight excluding hydrogens is 454 g/mol. The first-order valence-electron chi connectivity index (χ1n) is 9.32. The van der Waals surface area contributed by atoms with Crippen LogP contribution in [-0.4, -0.2) is 30.6 Å². The zero-order valence-electron chi connectivity index (χ0n) is 16.7. The second kappa shape index (κ2) is 7.90. The summed E-state index contributed by atoms with van der Waals surface area (Å²) in [7, 11) is 1.24. The molecule has 4 rings (SSSR count). The number of carbonyl (C=O) groups excluding carboxylic acids is 1. The Bertz CT molecular complexity index is 1330. The number of fused-ring (bicyclic) bond motifs is 1. The van der Waals surface area contributed by atoms with E-state index in [9.17, 15) is 31.1 Å². The number of para-hydroxylation sites is 1. The van der Waals surface area contributed by atoms with Crippen molar-refractivity contribution in [3.8, 4) is 0 Å². The van der Waals surface area contributed by atoms with E-state index in [1.165, 1.54) is 25.2 Å². The number of rotatable bonds is 5. The van der Waals surface area contributed by atoms with Gasteiger partial charge in [-0.25, -0.2) is 9.37 Å². The molecule has 2 aromatic heterocycles. The fourth-order valence-corrected chi connectivity index (χ4v) is 3.24. The molecule has 1 unspecified atom stereocenters. The number of aryl methyl sites for hydroxylation is 1. The van der Waals surface area contributed by atoms with Crippen LogP contribution in [0.5, 0.6) is 0 Å². The third-order valence-corrected chi connectivity index (χ3v) is 4.80. The molecule has 13 heteroatoms. The average molecular weight is 468 g/mol. The fourth-order valence-electron chi connectivity index (χ4n) is 3.24. The summed E-state index contributed by atoms with van der Waals surface area (Å²) in [5.74, 6) is -6.27. The van der Waals surface area contributed by atoms with Crippen LogP contribution in [0.4, 0.5) is 32.0 Å². The van der Waals surface area contributed by atoms with E-state index in [0.717, 1.165) is 35.2 Å². The lowest BCUT2D eigenvalue weighted by Gasteiger charge is -2.20. The van der Waals surface area contributed by atoms with Gasteiger partial charge in [-0.2, -0.15) is 22.0 Å². The standard InChI is InChI=1S/C20H14F6N6O/c1-32-9-27-31-18(32)19(22,23)15(21)10-4-2-5-11(8-10)28-17(33)16-29-13-7-3-6-12(14(13)30-16)20(24,25)26/h2-9,15H,1H3,(H,28,33)(H,29,30). The van der Waals surface area contributed by atoms with Crippen molar-refractivity contribution < 1.29 is 31.1 Å². The van der Waals surface area contributed by atoms with Crippen molar-refractivity contribution in [2.24, 2.45) is 7.05 Å². The average Bonchev–Trinajstić information content (AvgIpc) is 3.38. The van der Waals surface area contributed by atoms with E-state index in [1.54, 1.807) is 0 Å². The summed E-state index contributed by atoms with van der Waals surface area (Å²) in [5.41, 5.74) is -2.01. The van der Waals surface area contributed by atoms with Gasteiger partial charge in [0.2, 0.25) is 5.82 Å². The van der Waals surface area contributed by atoms with Crippen LogP contribution in [0, 0.1) is 0 Å². The molecule has 33 heavy (non-hydrogen) atoms. The van der Waals surface area contributed by atoms with Crippen LogP contribution in [-0.2, 0) is 19.1 Å². The minimum atomic E-state index is -4.68. The molecule has 0 spiro atoms. The van der Waals surface area contributed by atoms with Crippen molar-refractivity contribution in [2.75, 3.05) is 5.32 Å². The molecule has 0 aliphatic heterocycles. The van der Waals surface area contributed by atoms with Crippen molar-refractivity contribution in [1.29, 1.82) is 0 Å². The number of nitrogens with zero attached hydrogens (tertiary/aromatic N) is 4. The van der Waals surface area contributed by atoms with E-state index in [1.807, 2.05) is 0 Å². The van der Waals surface area contributed by atoms with Gasteiger partial charge in [0, 0.05) is 12.7 Å². The summed E-state index contributed by atoms with van der Waals surface area (Å²) in [6, 6.07) is 7.93. The molecule has 172 valence electrons. The Labute approximate surface area is 181 Å². The van der Waals surface area contributed by atoms with E-state index >= 15 is 0 Å². The Kier molecular flexibility index (Phi) is 5.34. The van der Waals surface area contributed by atoms with Gasteiger partial charge in [-0.15, -0.1) is 10.2 Å². The molecule has 0 radical (unpaired) electrons. The summed E-state index contributed by atoms with van der Waals surface area (Å²) in [5, 5.41) is 8.88. The number of amides is 1. The first kappa shape index (κ1) is 22.3. The molecule has 0 aliphatic carbocycles. The molecule has 4 aromatic rings. The summed E-state index contributed by atoms with van der Waals surface area (Å²) in [6.07, 6.45) is -6.48. The van der Waals surface area contributed by atoms with Gasteiger partial charge in [0.1, 0.15) is 11.8 Å². The number of anilines is 1. The highest BCUT2D eigenvalue weighted by molar-refractivity contribution is 6.03. The fraction of sp³-hybridized carbons (Fsp3) is 0.200. The second-order valence-electron chi connectivity index (χ2n) is 7.12. The lowest BCUT2D eigenvalue weighted by atomic mass is 10.0. The second-order valence-corrected chi connectivity index (χ2v) is 7.12. The monoisotopic (exact) mass is 468 g/mol. The summed E-state index contributed by atoms with van der Waals surface area (Å²) >= 11 is 0. The Hall–Kier alpha value is -3.90. The summed E-state index contributed by atoms with van der Waals surface area (Å²) in [6.45, 7) is 0. The van der Waals surface area contributed by atoms with E-state index < -0.39 is 52.5 Å². The molecule has 0 aliphatic rings. The van der Waals surface area contributed by atoms with Gasteiger partial charge in [-0.1, -0.05) is 18.2 Å². The molecule has 1 amide bonds. The number of nitrogens with one attached hydrogen (secondary N) is 2. The van der Waals surface area contributed by atoms with Crippen LogP contribution in [0.1, 0.15) is 33.7 Å². The van der Waals surface area contributed by atoms with E-state index in [0.29, 0.717) is 0 Å². The molecule has 2 heterocycles. The van der Waals surface area contributed by atoms with Crippen LogP contribution >= 0.6 is 0 Å². The number of halogens is 6. The van der Waals surface area contributed by atoms with Crippen LogP contribution in [0.25, 0.3) is 11.0 Å². The summed E-state index contributed by atoms with van der Waals surface area (Å²) < 4.78 is 84.2. The van der Waals surface area contributed by atoms with Gasteiger partial charge in [-0.05, 0) is 29.8 Å². The van der Waals surface area contributed by atoms with E-state index in [-0.39, 0.29) is 11.2 Å². The van der Waals surface area contributed by atoms with Gasteiger partial charge >= 0.3 is 12.1 Å². The SMILES string of the molecule is Cn1cnnc1C(F)(F)C(F)c1cccc(NC(=O)c2nc3c(C(F)(F)F)cccc3[nH]2)c1. The zero-order valence-corrected chi connectivity index (χ0v) is 16.7. The number of carbonyl (C=O) groups is 1. The highest BCUT2D eigenvalue weighted by Gasteiger charge is 2.47. The van der Waals surface area contributed by atoms with Crippen molar-refractivity contribution in [3.05, 3.63) is 71.6 Å². The van der Waals surface area contributed by atoms with Crippen molar-refractivity contribution in [1.82, 2.24) is 24.7 Å². The summed E-state index contributed by atoms with van der Waals surface area (Å²) in [4.78, 5) is 18.7. The molecular formula is C20H14F6N6O. The smallest absolute Gasteiger partial charge is 0.334 e. The number of aromatic amines is 1. The molecule has 1 atom stereocenters. The predicted octanol–water partition coefficient (Wildman–Crippen LogP) is 4.77. The maximum Gasteiger partial charge on any atom is 0.418 e. The number of hydrogen-bond acceptors (Lipinski definition) is 4. The van der Waals surface area contributed by atoms with Crippen LogP contribution in [0.2, 0.25) is 0 Å². The van der Waals surface area contributed by atoms with Gasteiger partial charge in [-0.3, -0.25) is 4.79 Å². The molecule has 0 bridgehead atoms. The quantitative estimate of drug-likeness (QED) is 0.413. The Morgan fingerprint density at radius 2 is 1.85 bits per heavy atom. The molecule has 0 saturated heterocycles. The zero-order chi connectivity index (χ0) is 24.0. The predicted molar refractivity (Wildman–Crippen MR) is 104 cm³/mol. The van der Waals surface area contributed by atoms with Crippen LogP contribution in [0.3, 0.4) is 0 Å². The van der Waals surface area contributed by atoms with Gasteiger partial charge in [0.05, 0.1) is 11.1 Å². The molecule has 2 aromatic carbocycles. The van der Waals surface area contributed by atoms with Crippen molar-refractivity contribution in [2.45, 2.75) is 18.3 Å². The highest BCUT2D eigenvalue weighted by Crippen LogP contribution is 2.42. The Balaban J connectivity index is 1.59. The number of hydrogen-bond donors (Lipinski definition) is 2. The largest absolute Gasteiger partial charge is 0.418 e. The first-order valence-corrected chi connectivity index (χ1v) is 9.32. The lowest BCUT2D eigenvalue weighted by Crippen LogP contribution is -2.25. The number of alkyl halides is 6. The minimum Gasteiger partial charge on any atom is -0.334 e. The van der Waals surface area contributed by atoms with Gasteiger partial charge < -0.3 is 14.9 Å². The van der Waals surface area contributed by atoms with Crippen LogP contribution in [0.15, 0.2) is 48.8 Å². The van der Waals surface area contributed by atoms with Crippen LogP contribution < -0.4 is 5.32 Å². The van der Waals surface area contributed by atoms with E-state index in [2.05, 4.69) is 25.5 Å². The van der Waals surface area contributed by atoms with Crippen molar-refractivity contribution >= 4 is 22.6 Å². The Morgan fingerprint density at radius 1 is 1.12 bits per heavy atom. The number of aromatic nitrogens is 5. The highest BCUT2D eigenvalue weighted by atomic mass is 19.4.